The zero-order chi connectivity index (χ0) is 26.4. The van der Waals surface area contributed by atoms with Gasteiger partial charge in [-0.2, -0.15) is 0 Å². The van der Waals surface area contributed by atoms with E-state index >= 15 is 0 Å². The van der Waals surface area contributed by atoms with Gasteiger partial charge in [0, 0.05) is 16.3 Å². The number of carbonyl (C=O) groups excluding carboxylic acids is 2. The quantitative estimate of drug-likeness (QED) is 0.286. The van der Waals surface area contributed by atoms with Crippen LogP contribution in [0.5, 0.6) is 5.75 Å². The Hall–Kier alpha value is -3.82. The minimum Gasteiger partial charge on any atom is -0.497 e. The lowest BCUT2D eigenvalue weighted by molar-refractivity contribution is -0.113. The molecule has 4 aromatic rings. The van der Waals surface area contributed by atoms with Gasteiger partial charge in [-0.15, -0.1) is 10.2 Å². The summed E-state index contributed by atoms with van der Waals surface area (Å²) in [6.07, 6.45) is 0. The van der Waals surface area contributed by atoms with Crippen molar-refractivity contribution in [3.05, 3.63) is 94.3 Å². The first-order valence-corrected chi connectivity index (χ1v) is 12.8. The summed E-state index contributed by atoms with van der Waals surface area (Å²) in [5.41, 5.74) is 4.13. The summed E-state index contributed by atoms with van der Waals surface area (Å²) in [6, 6.07) is 19.9. The Balaban J connectivity index is 1.49. The molecule has 0 spiro atoms. The van der Waals surface area contributed by atoms with Crippen molar-refractivity contribution >= 4 is 40.9 Å². The number of benzene rings is 3. The van der Waals surface area contributed by atoms with Crippen LogP contribution in [0.2, 0.25) is 5.02 Å². The number of aryl methyl sites for hydroxylation is 2. The smallest absolute Gasteiger partial charge is 0.251 e. The number of amides is 2. The Morgan fingerprint density at radius 1 is 1.00 bits per heavy atom. The molecule has 3 aromatic carbocycles. The van der Waals surface area contributed by atoms with Crippen LogP contribution < -0.4 is 15.4 Å². The highest BCUT2D eigenvalue weighted by atomic mass is 35.5. The van der Waals surface area contributed by atoms with Gasteiger partial charge in [0.05, 0.1) is 25.1 Å². The van der Waals surface area contributed by atoms with Gasteiger partial charge in [0.1, 0.15) is 5.75 Å². The number of ether oxygens (including phenoxy) is 1. The fourth-order valence-corrected chi connectivity index (χ4v) is 4.48. The molecule has 0 saturated heterocycles. The molecular weight excluding hydrogens is 510 g/mol. The molecule has 1 aromatic heterocycles. The van der Waals surface area contributed by atoms with Crippen LogP contribution in [-0.2, 0) is 11.3 Å². The van der Waals surface area contributed by atoms with Crippen LogP contribution in [-0.4, -0.2) is 39.4 Å². The van der Waals surface area contributed by atoms with Gasteiger partial charge in [0.15, 0.2) is 11.0 Å². The molecule has 0 aliphatic rings. The van der Waals surface area contributed by atoms with Crippen molar-refractivity contribution in [2.75, 3.05) is 18.2 Å². The van der Waals surface area contributed by atoms with E-state index in [1.807, 2.05) is 38.1 Å². The van der Waals surface area contributed by atoms with Crippen molar-refractivity contribution in [3.63, 3.8) is 0 Å². The minimum atomic E-state index is -0.211. The second-order valence-electron chi connectivity index (χ2n) is 8.26. The molecule has 8 nitrogen and oxygen atoms in total. The minimum absolute atomic E-state index is 0.111. The predicted octanol–water partition coefficient (Wildman–Crippen LogP) is 5.21. The summed E-state index contributed by atoms with van der Waals surface area (Å²) in [6.45, 7) is 4.11. The molecule has 0 bridgehead atoms. The molecule has 10 heteroatoms. The Morgan fingerprint density at radius 3 is 2.49 bits per heavy atom. The molecular formula is C27H26ClN5O3S. The maximum atomic E-state index is 12.8. The first-order chi connectivity index (χ1) is 17.8. The number of hydrogen-bond acceptors (Lipinski definition) is 6. The van der Waals surface area contributed by atoms with Gasteiger partial charge in [-0.3, -0.25) is 14.2 Å². The van der Waals surface area contributed by atoms with E-state index in [0.717, 1.165) is 16.8 Å². The number of halogens is 1. The lowest BCUT2D eigenvalue weighted by Gasteiger charge is -2.12. The fraction of sp³-hybridized carbons (Fsp3) is 0.185. The number of anilines is 1. The standard InChI is InChI=1S/C27H26ClN5O3S/c1-17-7-8-19(13-18(17)2)26(35)29-15-24-31-32-27(33(24)22-6-4-5-20(28)14-22)37-16-25(34)30-21-9-11-23(36-3)12-10-21/h4-14H,15-16H2,1-3H3,(H,29,35)(H,30,34). The molecule has 190 valence electrons. The van der Waals surface area contributed by atoms with Gasteiger partial charge in [-0.1, -0.05) is 35.5 Å². The van der Waals surface area contributed by atoms with E-state index in [1.165, 1.54) is 11.8 Å². The Bertz CT molecular complexity index is 1420. The second kappa shape index (κ2) is 11.9. The molecule has 0 radical (unpaired) electrons. The summed E-state index contributed by atoms with van der Waals surface area (Å²) in [5, 5.41) is 15.4. The maximum absolute atomic E-state index is 12.8. The largest absolute Gasteiger partial charge is 0.497 e. The highest BCUT2D eigenvalue weighted by molar-refractivity contribution is 7.99. The summed E-state index contributed by atoms with van der Waals surface area (Å²) in [7, 11) is 1.59. The van der Waals surface area contributed by atoms with Crippen molar-refractivity contribution in [3.8, 4) is 11.4 Å². The molecule has 1 heterocycles. The molecule has 2 amide bonds. The number of nitrogens with zero attached hydrogens (tertiary/aromatic N) is 3. The van der Waals surface area contributed by atoms with Crippen LogP contribution in [0.15, 0.2) is 71.9 Å². The molecule has 0 aliphatic heterocycles. The van der Waals surface area contributed by atoms with Crippen molar-refractivity contribution in [1.29, 1.82) is 0 Å². The molecule has 0 saturated carbocycles. The summed E-state index contributed by atoms with van der Waals surface area (Å²) < 4.78 is 6.93. The van der Waals surface area contributed by atoms with Gasteiger partial charge in [0.2, 0.25) is 5.91 Å². The molecule has 0 aliphatic carbocycles. The second-order valence-corrected chi connectivity index (χ2v) is 9.64. The Kier molecular flexibility index (Phi) is 8.47. The van der Waals surface area contributed by atoms with E-state index in [2.05, 4.69) is 20.8 Å². The Labute approximate surface area is 224 Å². The number of hydrogen-bond donors (Lipinski definition) is 2. The number of nitrogens with one attached hydrogen (secondary N) is 2. The lowest BCUT2D eigenvalue weighted by atomic mass is 10.1. The van der Waals surface area contributed by atoms with Crippen molar-refractivity contribution < 1.29 is 14.3 Å². The number of aromatic nitrogens is 3. The third-order valence-corrected chi connectivity index (χ3v) is 6.81. The average molecular weight is 536 g/mol. The van der Waals surface area contributed by atoms with E-state index in [1.54, 1.807) is 54.1 Å². The van der Waals surface area contributed by atoms with Gasteiger partial charge in [-0.25, -0.2) is 0 Å². The van der Waals surface area contributed by atoms with E-state index in [9.17, 15) is 9.59 Å². The van der Waals surface area contributed by atoms with Crippen LogP contribution >= 0.6 is 23.4 Å². The zero-order valence-corrected chi connectivity index (χ0v) is 22.2. The monoisotopic (exact) mass is 535 g/mol. The summed E-state index contributed by atoms with van der Waals surface area (Å²) in [4.78, 5) is 25.3. The molecule has 37 heavy (non-hydrogen) atoms. The number of rotatable bonds is 9. The van der Waals surface area contributed by atoms with Crippen molar-refractivity contribution in [2.45, 2.75) is 25.5 Å². The van der Waals surface area contributed by atoms with E-state index in [-0.39, 0.29) is 24.1 Å². The summed E-state index contributed by atoms with van der Waals surface area (Å²) in [5.74, 6) is 0.925. The zero-order valence-electron chi connectivity index (χ0n) is 20.6. The molecule has 0 unspecified atom stereocenters. The van der Waals surface area contributed by atoms with Crippen LogP contribution in [0.3, 0.4) is 0 Å². The van der Waals surface area contributed by atoms with Crippen LogP contribution in [0.4, 0.5) is 5.69 Å². The fourth-order valence-electron chi connectivity index (χ4n) is 3.53. The van der Waals surface area contributed by atoms with Crippen LogP contribution in [0.25, 0.3) is 5.69 Å². The molecule has 0 atom stereocenters. The van der Waals surface area contributed by atoms with Crippen LogP contribution in [0, 0.1) is 13.8 Å². The van der Waals surface area contributed by atoms with Crippen molar-refractivity contribution in [1.82, 2.24) is 20.1 Å². The maximum Gasteiger partial charge on any atom is 0.251 e. The van der Waals surface area contributed by atoms with Gasteiger partial charge in [0.25, 0.3) is 5.91 Å². The van der Waals surface area contributed by atoms with Crippen molar-refractivity contribution in [2.24, 2.45) is 0 Å². The average Bonchev–Trinajstić information content (AvgIpc) is 3.31. The molecule has 0 fully saturated rings. The summed E-state index contributed by atoms with van der Waals surface area (Å²) >= 11 is 7.47. The van der Waals surface area contributed by atoms with E-state index in [4.69, 9.17) is 16.3 Å². The first-order valence-electron chi connectivity index (χ1n) is 11.5. The molecule has 2 N–H and O–H groups in total. The SMILES string of the molecule is COc1ccc(NC(=O)CSc2nnc(CNC(=O)c3ccc(C)c(C)c3)n2-c2cccc(Cl)c2)cc1. The highest BCUT2D eigenvalue weighted by Gasteiger charge is 2.18. The topological polar surface area (TPSA) is 98.1 Å². The highest BCUT2D eigenvalue weighted by Crippen LogP contribution is 2.25. The Morgan fingerprint density at radius 2 is 1.78 bits per heavy atom. The van der Waals surface area contributed by atoms with Gasteiger partial charge >= 0.3 is 0 Å². The van der Waals surface area contributed by atoms with Gasteiger partial charge in [-0.05, 0) is 79.6 Å². The third-order valence-electron chi connectivity index (χ3n) is 5.65. The van der Waals surface area contributed by atoms with E-state index < -0.39 is 0 Å². The van der Waals surface area contributed by atoms with E-state index in [0.29, 0.717) is 33.0 Å². The van der Waals surface area contributed by atoms with Gasteiger partial charge < -0.3 is 15.4 Å². The predicted molar refractivity (Wildman–Crippen MR) is 146 cm³/mol. The lowest BCUT2D eigenvalue weighted by Crippen LogP contribution is -2.24. The first kappa shape index (κ1) is 26.2. The third kappa shape index (κ3) is 6.69. The number of carbonyl (C=O) groups is 2. The molecule has 4 rings (SSSR count). The normalized spacial score (nSPS) is 10.7. The number of methoxy groups -OCH3 is 1. The van der Waals surface area contributed by atoms with Crippen LogP contribution in [0.1, 0.15) is 27.3 Å². The number of thioether (sulfide) groups is 1.